The van der Waals surface area contributed by atoms with Gasteiger partial charge in [0.15, 0.2) is 0 Å². The minimum Gasteiger partial charge on any atom is -0.459 e. The summed E-state index contributed by atoms with van der Waals surface area (Å²) in [5, 5.41) is 1.09. The topological polar surface area (TPSA) is 52.6 Å². The van der Waals surface area contributed by atoms with Gasteiger partial charge >= 0.3 is 11.9 Å². The van der Waals surface area contributed by atoms with Gasteiger partial charge in [0.2, 0.25) is 0 Å². The first-order valence-corrected chi connectivity index (χ1v) is 8.87. The molecule has 0 aromatic heterocycles. The lowest BCUT2D eigenvalue weighted by Gasteiger charge is -2.28. The molecule has 2 aromatic carbocycles. The predicted octanol–water partition coefficient (Wildman–Crippen LogP) is 5.56. The van der Waals surface area contributed by atoms with Crippen molar-refractivity contribution in [2.45, 2.75) is 38.9 Å². The maximum atomic E-state index is 12.2. The van der Waals surface area contributed by atoms with Crippen LogP contribution in [0.4, 0.5) is 0 Å². The molecular weight excluding hydrogens is 375 g/mol. The van der Waals surface area contributed by atoms with E-state index in [0.29, 0.717) is 27.6 Å². The zero-order chi connectivity index (χ0) is 19.3. The van der Waals surface area contributed by atoms with Gasteiger partial charge in [-0.1, -0.05) is 23.2 Å². The largest absolute Gasteiger partial charge is 0.459 e. The van der Waals surface area contributed by atoms with Gasteiger partial charge in [-0.25, -0.2) is 9.59 Å². The van der Waals surface area contributed by atoms with Crippen molar-refractivity contribution >= 4 is 35.1 Å². The zero-order valence-electron chi connectivity index (χ0n) is 14.8. The fraction of sp³-hybridized carbons (Fsp3) is 0.300. The fourth-order valence-electron chi connectivity index (χ4n) is 2.51. The van der Waals surface area contributed by atoms with Crippen molar-refractivity contribution in [1.29, 1.82) is 0 Å². The van der Waals surface area contributed by atoms with Crippen LogP contribution in [0.15, 0.2) is 48.5 Å². The fourth-order valence-corrected chi connectivity index (χ4v) is 2.76. The predicted molar refractivity (Wildman–Crippen MR) is 102 cm³/mol. The molecule has 0 aliphatic carbocycles. The molecule has 26 heavy (non-hydrogen) atoms. The number of hydrogen-bond donors (Lipinski definition) is 0. The van der Waals surface area contributed by atoms with Crippen LogP contribution in [0, 0.1) is 0 Å². The maximum Gasteiger partial charge on any atom is 0.338 e. The van der Waals surface area contributed by atoms with Gasteiger partial charge in [-0.15, -0.1) is 0 Å². The molecule has 0 heterocycles. The van der Waals surface area contributed by atoms with E-state index in [1.165, 1.54) is 0 Å². The van der Waals surface area contributed by atoms with Gasteiger partial charge in [0, 0.05) is 16.5 Å². The van der Waals surface area contributed by atoms with Crippen molar-refractivity contribution in [1.82, 2.24) is 0 Å². The Morgan fingerprint density at radius 3 is 1.77 bits per heavy atom. The van der Waals surface area contributed by atoms with E-state index in [1.807, 2.05) is 0 Å². The highest BCUT2D eigenvalue weighted by Gasteiger charge is 2.28. The summed E-state index contributed by atoms with van der Waals surface area (Å²) in [6, 6.07) is 12.9. The summed E-state index contributed by atoms with van der Waals surface area (Å²) < 4.78 is 11.0. The normalized spacial score (nSPS) is 12.3. The third kappa shape index (κ3) is 6.04. The molecule has 6 heteroatoms. The minimum atomic E-state index is -0.809. The molecule has 0 amide bonds. The molecule has 0 N–H and O–H groups in total. The molecule has 0 spiro atoms. The Kier molecular flexibility index (Phi) is 6.68. The van der Waals surface area contributed by atoms with Gasteiger partial charge in [0.05, 0.1) is 11.1 Å². The number of carbonyl (C=O) groups is 2. The lowest BCUT2D eigenvalue weighted by Crippen LogP contribution is -2.33. The van der Waals surface area contributed by atoms with E-state index in [2.05, 4.69) is 0 Å². The third-order valence-corrected chi connectivity index (χ3v) is 4.12. The van der Waals surface area contributed by atoms with Gasteiger partial charge in [-0.05, 0) is 69.3 Å². The molecule has 0 aliphatic rings. The number of hydrogen-bond acceptors (Lipinski definition) is 4. The molecule has 0 saturated carbocycles. The number of halogens is 2. The Hall–Kier alpha value is -2.04. The monoisotopic (exact) mass is 394 g/mol. The zero-order valence-corrected chi connectivity index (χ0v) is 16.3. The van der Waals surface area contributed by atoms with E-state index < -0.39 is 23.6 Å². The molecule has 0 aliphatic heterocycles. The summed E-state index contributed by atoms with van der Waals surface area (Å²) in [6.45, 7) is 5.30. The Labute approximate surface area is 163 Å². The molecule has 138 valence electrons. The molecule has 0 saturated heterocycles. The highest BCUT2D eigenvalue weighted by molar-refractivity contribution is 6.30. The first-order chi connectivity index (χ1) is 12.2. The first-order valence-electron chi connectivity index (χ1n) is 8.12. The average molecular weight is 395 g/mol. The number of carbonyl (C=O) groups excluding carboxylic acids is 2. The number of esters is 2. The van der Waals surface area contributed by atoms with Crippen molar-refractivity contribution in [2.24, 2.45) is 0 Å². The molecule has 0 fully saturated rings. The van der Waals surface area contributed by atoms with Crippen LogP contribution in [-0.4, -0.2) is 23.6 Å². The Morgan fingerprint density at radius 2 is 1.31 bits per heavy atom. The van der Waals surface area contributed by atoms with Crippen LogP contribution in [0.1, 0.15) is 47.9 Å². The van der Waals surface area contributed by atoms with Crippen LogP contribution < -0.4 is 0 Å². The Morgan fingerprint density at radius 1 is 0.885 bits per heavy atom. The quantitative estimate of drug-likeness (QED) is 0.601. The van der Waals surface area contributed by atoms with Crippen molar-refractivity contribution in [3.05, 3.63) is 69.7 Å². The third-order valence-electron chi connectivity index (χ3n) is 3.62. The maximum absolute atomic E-state index is 12.2. The van der Waals surface area contributed by atoms with Crippen molar-refractivity contribution in [3.8, 4) is 0 Å². The van der Waals surface area contributed by atoms with E-state index in [-0.39, 0.29) is 0 Å². The van der Waals surface area contributed by atoms with Gasteiger partial charge in [0.1, 0.15) is 11.7 Å². The summed E-state index contributed by atoms with van der Waals surface area (Å²) in [7, 11) is 0. The van der Waals surface area contributed by atoms with Gasteiger partial charge in [-0.2, -0.15) is 0 Å². The van der Waals surface area contributed by atoms with Crippen LogP contribution in [0.5, 0.6) is 0 Å². The molecular formula is C20H20Cl2O4. The standard InChI is InChI=1S/C20H20Cl2O4/c1-13(25-18(23)14-4-8-16(21)9-5-14)12-20(2,3)26-19(24)15-6-10-17(22)11-7-15/h4-11,13H,12H2,1-3H3/t13-/m0/s1. The van der Waals surface area contributed by atoms with Crippen LogP contribution in [0.3, 0.4) is 0 Å². The van der Waals surface area contributed by atoms with Crippen molar-refractivity contribution in [3.63, 3.8) is 0 Å². The van der Waals surface area contributed by atoms with Crippen LogP contribution in [0.2, 0.25) is 10.0 Å². The minimum absolute atomic E-state index is 0.353. The van der Waals surface area contributed by atoms with Crippen LogP contribution in [-0.2, 0) is 9.47 Å². The average Bonchev–Trinajstić information content (AvgIpc) is 2.54. The summed E-state index contributed by atoms with van der Waals surface area (Å²) in [6.07, 6.45) is -0.0859. The number of ether oxygens (including phenoxy) is 2. The lowest BCUT2D eigenvalue weighted by molar-refractivity contribution is -0.0282. The molecule has 2 aromatic rings. The van der Waals surface area contributed by atoms with E-state index >= 15 is 0 Å². The molecule has 0 radical (unpaired) electrons. The summed E-state index contributed by atoms with van der Waals surface area (Å²) in [4.78, 5) is 24.4. The van der Waals surface area contributed by atoms with Gasteiger partial charge in [0.25, 0.3) is 0 Å². The molecule has 1 atom stereocenters. The van der Waals surface area contributed by atoms with Gasteiger partial charge < -0.3 is 9.47 Å². The second-order valence-electron chi connectivity index (χ2n) is 6.58. The second-order valence-corrected chi connectivity index (χ2v) is 7.46. The second kappa shape index (κ2) is 8.56. The number of rotatable bonds is 6. The summed E-state index contributed by atoms with van der Waals surface area (Å²) >= 11 is 11.6. The van der Waals surface area contributed by atoms with Crippen LogP contribution >= 0.6 is 23.2 Å². The first kappa shape index (κ1) is 20.3. The molecule has 0 unspecified atom stereocenters. The van der Waals surface area contributed by atoms with E-state index in [4.69, 9.17) is 32.7 Å². The van der Waals surface area contributed by atoms with Crippen LogP contribution in [0.25, 0.3) is 0 Å². The molecule has 0 bridgehead atoms. The molecule has 2 rings (SSSR count). The van der Waals surface area contributed by atoms with E-state index in [1.54, 1.807) is 69.3 Å². The highest BCUT2D eigenvalue weighted by atomic mass is 35.5. The van der Waals surface area contributed by atoms with E-state index in [9.17, 15) is 9.59 Å². The van der Waals surface area contributed by atoms with Crippen molar-refractivity contribution < 1.29 is 19.1 Å². The van der Waals surface area contributed by atoms with E-state index in [0.717, 1.165) is 0 Å². The van der Waals surface area contributed by atoms with Crippen molar-refractivity contribution in [2.75, 3.05) is 0 Å². The van der Waals surface area contributed by atoms with Gasteiger partial charge in [-0.3, -0.25) is 0 Å². The Bertz CT molecular complexity index is 767. The summed E-state index contributed by atoms with van der Waals surface area (Å²) in [5.74, 6) is -0.906. The SMILES string of the molecule is C[C@@H](CC(C)(C)OC(=O)c1ccc(Cl)cc1)OC(=O)c1ccc(Cl)cc1. The highest BCUT2D eigenvalue weighted by Crippen LogP contribution is 2.22. The molecule has 4 nitrogen and oxygen atoms in total. The number of benzene rings is 2. The Balaban J connectivity index is 1.92. The lowest BCUT2D eigenvalue weighted by atomic mass is 10.0. The smallest absolute Gasteiger partial charge is 0.338 e. The summed E-state index contributed by atoms with van der Waals surface area (Å²) in [5.41, 5.74) is 0.0154.